The van der Waals surface area contributed by atoms with Gasteiger partial charge >= 0.3 is 0 Å². The van der Waals surface area contributed by atoms with Gasteiger partial charge in [-0.1, -0.05) is 30.3 Å². The number of nitrogens with two attached hydrogens (primary N) is 1. The predicted molar refractivity (Wildman–Crippen MR) is 73.2 cm³/mol. The molecule has 0 fully saturated rings. The third kappa shape index (κ3) is 2.84. The number of rotatable bonds is 4. The second kappa shape index (κ2) is 5.60. The van der Waals surface area contributed by atoms with E-state index in [0.29, 0.717) is 6.54 Å². The van der Waals surface area contributed by atoms with Gasteiger partial charge in [-0.25, -0.2) is 9.97 Å². The average Bonchev–Trinajstić information content (AvgIpc) is 2.40. The third-order valence-electron chi connectivity index (χ3n) is 2.81. The molecule has 0 spiro atoms. The highest BCUT2D eigenvalue weighted by molar-refractivity contribution is 5.45. The zero-order valence-corrected chi connectivity index (χ0v) is 10.8. The number of anilines is 1. The Morgan fingerprint density at radius 2 is 1.94 bits per heavy atom. The summed E-state index contributed by atoms with van der Waals surface area (Å²) in [5, 5.41) is 0. The monoisotopic (exact) mass is 242 g/mol. The first kappa shape index (κ1) is 12.5. The van der Waals surface area contributed by atoms with Gasteiger partial charge < -0.3 is 10.6 Å². The Morgan fingerprint density at radius 3 is 2.61 bits per heavy atom. The number of hydrogen-bond acceptors (Lipinski definition) is 4. The summed E-state index contributed by atoms with van der Waals surface area (Å²) in [5.41, 5.74) is 7.95. The van der Waals surface area contributed by atoms with Crippen LogP contribution in [0.3, 0.4) is 0 Å². The van der Waals surface area contributed by atoms with Gasteiger partial charge in [-0.2, -0.15) is 0 Å². The van der Waals surface area contributed by atoms with Crippen LogP contribution in [0.5, 0.6) is 0 Å². The first-order chi connectivity index (χ1) is 8.70. The normalized spacial score (nSPS) is 10.4. The van der Waals surface area contributed by atoms with Crippen LogP contribution in [-0.2, 0) is 13.1 Å². The maximum absolute atomic E-state index is 5.73. The standard InChI is InChI=1S/C14H18N4/c1-11-16-9-13(8-15)14(17-11)18(2)10-12-6-4-3-5-7-12/h3-7,9H,8,10,15H2,1-2H3. The molecule has 0 atom stereocenters. The van der Waals surface area contributed by atoms with E-state index in [2.05, 4.69) is 27.0 Å². The van der Waals surface area contributed by atoms with Gasteiger partial charge in [0.2, 0.25) is 0 Å². The van der Waals surface area contributed by atoms with E-state index in [-0.39, 0.29) is 0 Å². The fourth-order valence-electron chi connectivity index (χ4n) is 1.89. The number of hydrogen-bond donors (Lipinski definition) is 1. The molecule has 2 N–H and O–H groups in total. The van der Waals surface area contributed by atoms with E-state index in [4.69, 9.17) is 5.73 Å². The SMILES string of the molecule is Cc1ncc(CN)c(N(C)Cc2ccccc2)n1. The highest BCUT2D eigenvalue weighted by Crippen LogP contribution is 2.17. The van der Waals surface area contributed by atoms with E-state index in [1.807, 2.05) is 32.2 Å². The second-order valence-electron chi connectivity index (χ2n) is 4.31. The van der Waals surface area contributed by atoms with Gasteiger partial charge in [0.1, 0.15) is 11.6 Å². The Bertz CT molecular complexity index is 510. The largest absolute Gasteiger partial charge is 0.355 e. The predicted octanol–water partition coefficient (Wildman–Crippen LogP) is 1.88. The fraction of sp³-hybridized carbons (Fsp3) is 0.286. The van der Waals surface area contributed by atoms with Crippen LogP contribution in [0.4, 0.5) is 5.82 Å². The molecular formula is C14H18N4. The summed E-state index contributed by atoms with van der Waals surface area (Å²) in [4.78, 5) is 10.8. The van der Waals surface area contributed by atoms with Crippen LogP contribution in [-0.4, -0.2) is 17.0 Å². The van der Waals surface area contributed by atoms with Gasteiger partial charge in [-0.05, 0) is 12.5 Å². The molecule has 0 radical (unpaired) electrons. The quantitative estimate of drug-likeness (QED) is 0.889. The Morgan fingerprint density at radius 1 is 1.22 bits per heavy atom. The number of aryl methyl sites for hydroxylation is 1. The molecule has 2 aromatic rings. The van der Waals surface area contributed by atoms with Crippen molar-refractivity contribution in [1.29, 1.82) is 0 Å². The molecular weight excluding hydrogens is 224 g/mol. The number of benzene rings is 1. The molecule has 2 rings (SSSR count). The molecule has 4 nitrogen and oxygen atoms in total. The summed E-state index contributed by atoms with van der Waals surface area (Å²) in [6.07, 6.45) is 1.80. The van der Waals surface area contributed by atoms with Crippen LogP contribution in [0.1, 0.15) is 17.0 Å². The van der Waals surface area contributed by atoms with E-state index < -0.39 is 0 Å². The Balaban J connectivity index is 2.23. The summed E-state index contributed by atoms with van der Waals surface area (Å²) in [7, 11) is 2.02. The zero-order chi connectivity index (χ0) is 13.0. The third-order valence-corrected chi connectivity index (χ3v) is 2.81. The van der Waals surface area contributed by atoms with Crippen LogP contribution in [0.2, 0.25) is 0 Å². The molecule has 0 bridgehead atoms. The summed E-state index contributed by atoms with van der Waals surface area (Å²) in [6.45, 7) is 3.15. The van der Waals surface area contributed by atoms with Gasteiger partial charge in [0, 0.05) is 31.9 Å². The van der Waals surface area contributed by atoms with Gasteiger partial charge in [-0.15, -0.1) is 0 Å². The maximum Gasteiger partial charge on any atom is 0.136 e. The maximum atomic E-state index is 5.73. The molecule has 0 saturated carbocycles. The molecule has 94 valence electrons. The molecule has 0 aliphatic rings. The van der Waals surface area contributed by atoms with Crippen molar-refractivity contribution in [1.82, 2.24) is 9.97 Å². The van der Waals surface area contributed by atoms with Crippen LogP contribution >= 0.6 is 0 Å². The fourth-order valence-corrected chi connectivity index (χ4v) is 1.89. The molecule has 0 saturated heterocycles. The number of aromatic nitrogens is 2. The van der Waals surface area contributed by atoms with Crippen LogP contribution in [0, 0.1) is 6.92 Å². The molecule has 0 aliphatic heterocycles. The van der Waals surface area contributed by atoms with Crippen LogP contribution in [0.25, 0.3) is 0 Å². The highest BCUT2D eigenvalue weighted by atomic mass is 15.2. The lowest BCUT2D eigenvalue weighted by Crippen LogP contribution is -2.21. The molecule has 1 aromatic heterocycles. The zero-order valence-electron chi connectivity index (χ0n) is 10.8. The van der Waals surface area contributed by atoms with Crippen LogP contribution in [0.15, 0.2) is 36.5 Å². The molecule has 1 aromatic carbocycles. The highest BCUT2D eigenvalue weighted by Gasteiger charge is 2.09. The van der Waals surface area contributed by atoms with Crippen molar-refractivity contribution in [3.05, 3.63) is 53.5 Å². The Labute approximate surface area is 107 Å². The first-order valence-electron chi connectivity index (χ1n) is 5.98. The molecule has 0 unspecified atom stereocenters. The minimum Gasteiger partial charge on any atom is -0.355 e. The van der Waals surface area contributed by atoms with Crippen molar-refractivity contribution in [2.24, 2.45) is 5.73 Å². The van der Waals surface area contributed by atoms with Crippen molar-refractivity contribution in [2.75, 3.05) is 11.9 Å². The van der Waals surface area contributed by atoms with Gasteiger partial charge in [-0.3, -0.25) is 0 Å². The summed E-state index contributed by atoms with van der Waals surface area (Å²) < 4.78 is 0. The topological polar surface area (TPSA) is 55.0 Å². The molecule has 0 aliphatic carbocycles. The average molecular weight is 242 g/mol. The lowest BCUT2D eigenvalue weighted by Gasteiger charge is -2.21. The minimum atomic E-state index is 0.453. The second-order valence-corrected chi connectivity index (χ2v) is 4.31. The molecule has 1 heterocycles. The minimum absolute atomic E-state index is 0.453. The number of nitrogens with zero attached hydrogens (tertiary/aromatic N) is 3. The van der Waals surface area contributed by atoms with Crippen LogP contribution < -0.4 is 10.6 Å². The first-order valence-corrected chi connectivity index (χ1v) is 5.98. The van der Waals surface area contributed by atoms with Crippen molar-refractivity contribution in [2.45, 2.75) is 20.0 Å². The van der Waals surface area contributed by atoms with Gasteiger partial charge in [0.25, 0.3) is 0 Å². The van der Waals surface area contributed by atoms with E-state index in [9.17, 15) is 0 Å². The summed E-state index contributed by atoms with van der Waals surface area (Å²) >= 11 is 0. The van der Waals surface area contributed by atoms with Gasteiger partial charge in [0.05, 0.1) is 0 Å². The smallest absolute Gasteiger partial charge is 0.136 e. The summed E-state index contributed by atoms with van der Waals surface area (Å²) in [5.74, 6) is 1.68. The van der Waals surface area contributed by atoms with E-state index in [1.165, 1.54) is 5.56 Å². The molecule has 4 heteroatoms. The van der Waals surface area contributed by atoms with E-state index in [0.717, 1.165) is 23.8 Å². The summed E-state index contributed by atoms with van der Waals surface area (Å²) in [6, 6.07) is 10.3. The van der Waals surface area contributed by atoms with E-state index in [1.54, 1.807) is 6.20 Å². The Kier molecular flexibility index (Phi) is 3.89. The molecule has 18 heavy (non-hydrogen) atoms. The molecule has 0 amide bonds. The van der Waals surface area contributed by atoms with Crippen molar-refractivity contribution in [3.8, 4) is 0 Å². The van der Waals surface area contributed by atoms with E-state index >= 15 is 0 Å². The van der Waals surface area contributed by atoms with Crippen molar-refractivity contribution in [3.63, 3.8) is 0 Å². The lowest BCUT2D eigenvalue weighted by atomic mass is 10.2. The lowest BCUT2D eigenvalue weighted by molar-refractivity contribution is 0.852. The van der Waals surface area contributed by atoms with Crippen molar-refractivity contribution < 1.29 is 0 Å². The Hall–Kier alpha value is -1.94. The van der Waals surface area contributed by atoms with Crippen molar-refractivity contribution >= 4 is 5.82 Å². The van der Waals surface area contributed by atoms with Gasteiger partial charge in [0.15, 0.2) is 0 Å².